The van der Waals surface area contributed by atoms with E-state index in [1.807, 2.05) is 31.3 Å². The van der Waals surface area contributed by atoms with Gasteiger partial charge in [0, 0.05) is 31.7 Å². The van der Waals surface area contributed by atoms with Gasteiger partial charge in [-0.3, -0.25) is 14.8 Å². The molecular weight excluding hydrogens is 455 g/mol. The van der Waals surface area contributed by atoms with Crippen molar-refractivity contribution in [3.63, 3.8) is 0 Å². The fourth-order valence-electron chi connectivity index (χ4n) is 3.44. The molecule has 0 spiro atoms. The van der Waals surface area contributed by atoms with Crippen molar-refractivity contribution in [1.82, 2.24) is 15.2 Å². The summed E-state index contributed by atoms with van der Waals surface area (Å²) in [5.41, 5.74) is 0.989. The van der Waals surface area contributed by atoms with Crippen molar-refractivity contribution < 1.29 is 9.53 Å². The number of aliphatic imine (C=N–C) groups is 1. The number of aromatic nitrogens is 1. The Morgan fingerprint density at radius 3 is 2.96 bits per heavy atom. The maximum absolute atomic E-state index is 12.1. The Hall–Kier alpha value is -1.90. The summed E-state index contributed by atoms with van der Waals surface area (Å²) in [5, 5.41) is 5.72. The summed E-state index contributed by atoms with van der Waals surface area (Å²) >= 11 is 0. The van der Waals surface area contributed by atoms with E-state index >= 15 is 0 Å². The Balaban J connectivity index is 0.00000261. The SMILES string of the molecule is CCOC(=O)C1CCCN(C(=NC)NCc2nccc3ccccc23)C1.I. The van der Waals surface area contributed by atoms with Crippen molar-refractivity contribution in [2.75, 3.05) is 26.7 Å². The predicted molar refractivity (Wildman–Crippen MR) is 118 cm³/mol. The first kappa shape index (κ1) is 21.4. The summed E-state index contributed by atoms with van der Waals surface area (Å²) < 4.78 is 5.18. The molecule has 1 saturated heterocycles. The monoisotopic (exact) mass is 482 g/mol. The first-order valence-electron chi connectivity index (χ1n) is 9.17. The van der Waals surface area contributed by atoms with E-state index in [2.05, 4.69) is 32.3 Å². The van der Waals surface area contributed by atoms with E-state index in [0.717, 1.165) is 36.4 Å². The number of likely N-dealkylation sites (tertiary alicyclic amines) is 1. The molecule has 0 bridgehead atoms. The lowest BCUT2D eigenvalue weighted by Gasteiger charge is -2.33. The number of hydrogen-bond acceptors (Lipinski definition) is 4. The van der Waals surface area contributed by atoms with Gasteiger partial charge in [0.2, 0.25) is 0 Å². The number of halogens is 1. The number of esters is 1. The van der Waals surface area contributed by atoms with Crippen molar-refractivity contribution >= 4 is 46.7 Å². The fourth-order valence-corrected chi connectivity index (χ4v) is 3.44. The van der Waals surface area contributed by atoms with Crippen LogP contribution in [0.3, 0.4) is 0 Å². The van der Waals surface area contributed by atoms with Crippen LogP contribution in [-0.2, 0) is 16.1 Å². The topological polar surface area (TPSA) is 66.8 Å². The van der Waals surface area contributed by atoms with Gasteiger partial charge in [0.1, 0.15) is 0 Å². The number of nitrogens with zero attached hydrogens (tertiary/aromatic N) is 3. The average molecular weight is 482 g/mol. The first-order valence-corrected chi connectivity index (χ1v) is 9.17. The minimum absolute atomic E-state index is 0. The van der Waals surface area contributed by atoms with Crippen molar-refractivity contribution in [2.24, 2.45) is 10.9 Å². The van der Waals surface area contributed by atoms with Crippen LogP contribution in [0.5, 0.6) is 0 Å². The van der Waals surface area contributed by atoms with E-state index in [0.29, 0.717) is 19.7 Å². The third-order valence-electron chi connectivity index (χ3n) is 4.72. The standard InChI is InChI=1S/C20H26N4O2.HI/c1-3-26-19(25)16-8-6-12-24(14-16)20(21-2)23-13-18-17-9-5-4-7-15(17)10-11-22-18;/h4-5,7,9-11,16H,3,6,8,12-14H2,1-2H3,(H,21,23);1H. The third kappa shape index (κ3) is 5.31. The van der Waals surface area contributed by atoms with E-state index in [9.17, 15) is 4.79 Å². The van der Waals surface area contributed by atoms with Crippen molar-refractivity contribution in [1.29, 1.82) is 0 Å². The highest BCUT2D eigenvalue weighted by atomic mass is 127. The molecule has 27 heavy (non-hydrogen) atoms. The van der Waals surface area contributed by atoms with E-state index in [-0.39, 0.29) is 35.9 Å². The minimum atomic E-state index is -0.108. The van der Waals surface area contributed by atoms with Gasteiger partial charge in [0.25, 0.3) is 0 Å². The van der Waals surface area contributed by atoms with Gasteiger partial charge in [0.15, 0.2) is 5.96 Å². The van der Waals surface area contributed by atoms with E-state index < -0.39 is 0 Å². The summed E-state index contributed by atoms with van der Waals surface area (Å²) in [4.78, 5) is 23.1. The molecule has 1 aromatic carbocycles. The van der Waals surface area contributed by atoms with Crippen molar-refractivity contribution in [3.8, 4) is 0 Å². The number of rotatable bonds is 4. The molecule has 1 fully saturated rings. The van der Waals surface area contributed by atoms with E-state index in [4.69, 9.17) is 4.74 Å². The second kappa shape index (κ2) is 10.4. The van der Waals surface area contributed by atoms with Crippen LogP contribution >= 0.6 is 24.0 Å². The Morgan fingerprint density at radius 2 is 2.19 bits per heavy atom. The van der Waals surface area contributed by atoms with Gasteiger partial charge in [0.05, 0.1) is 24.8 Å². The van der Waals surface area contributed by atoms with E-state index in [1.165, 1.54) is 5.39 Å². The second-order valence-electron chi connectivity index (χ2n) is 6.42. The van der Waals surface area contributed by atoms with Crippen LogP contribution in [0.15, 0.2) is 41.5 Å². The maximum Gasteiger partial charge on any atom is 0.310 e. The molecule has 1 aromatic heterocycles. The van der Waals surface area contributed by atoms with Crippen LogP contribution < -0.4 is 5.32 Å². The summed E-state index contributed by atoms with van der Waals surface area (Å²) in [5.74, 6) is 0.607. The molecule has 1 aliphatic rings. The summed E-state index contributed by atoms with van der Waals surface area (Å²) in [6.45, 7) is 4.39. The molecule has 1 aliphatic heterocycles. The van der Waals surface area contributed by atoms with Gasteiger partial charge in [-0.15, -0.1) is 24.0 Å². The normalized spacial score (nSPS) is 17.3. The fraction of sp³-hybridized carbons (Fsp3) is 0.450. The highest BCUT2D eigenvalue weighted by Crippen LogP contribution is 2.19. The van der Waals surface area contributed by atoms with Crippen molar-refractivity contribution in [3.05, 3.63) is 42.2 Å². The van der Waals surface area contributed by atoms with Crippen molar-refractivity contribution in [2.45, 2.75) is 26.3 Å². The zero-order valence-electron chi connectivity index (χ0n) is 15.9. The van der Waals surface area contributed by atoms with Gasteiger partial charge in [-0.1, -0.05) is 24.3 Å². The molecule has 2 heterocycles. The highest BCUT2D eigenvalue weighted by Gasteiger charge is 2.28. The zero-order chi connectivity index (χ0) is 18.4. The molecule has 6 nitrogen and oxygen atoms in total. The molecule has 0 radical (unpaired) electrons. The molecule has 1 atom stereocenters. The Labute approximate surface area is 177 Å². The average Bonchev–Trinajstić information content (AvgIpc) is 2.69. The summed E-state index contributed by atoms with van der Waals surface area (Å²) in [6.07, 6.45) is 3.66. The number of guanidine groups is 1. The number of nitrogens with one attached hydrogen (secondary N) is 1. The number of hydrogen-bond donors (Lipinski definition) is 1. The van der Waals surface area contributed by atoms with Gasteiger partial charge < -0.3 is 15.0 Å². The Bertz CT molecular complexity index is 791. The van der Waals surface area contributed by atoms with Gasteiger partial charge in [-0.25, -0.2) is 0 Å². The van der Waals surface area contributed by atoms with Gasteiger partial charge >= 0.3 is 5.97 Å². The van der Waals surface area contributed by atoms with Crippen LogP contribution in [0.2, 0.25) is 0 Å². The lowest BCUT2D eigenvalue weighted by atomic mass is 9.98. The van der Waals surface area contributed by atoms with E-state index in [1.54, 1.807) is 7.05 Å². The summed E-state index contributed by atoms with van der Waals surface area (Å²) in [6, 6.07) is 10.2. The molecule has 0 aliphatic carbocycles. The summed E-state index contributed by atoms with van der Waals surface area (Å²) in [7, 11) is 1.77. The molecule has 0 amide bonds. The Morgan fingerprint density at radius 1 is 1.37 bits per heavy atom. The molecule has 3 rings (SSSR count). The highest BCUT2D eigenvalue weighted by molar-refractivity contribution is 14.0. The number of fused-ring (bicyclic) bond motifs is 1. The molecule has 2 aromatic rings. The maximum atomic E-state index is 12.1. The molecular formula is C20H27IN4O2. The van der Waals surface area contributed by atoms with Crippen LogP contribution in [0.4, 0.5) is 0 Å². The smallest absolute Gasteiger partial charge is 0.310 e. The first-order chi connectivity index (χ1) is 12.7. The molecule has 7 heteroatoms. The number of carbonyl (C=O) groups excluding carboxylic acids is 1. The third-order valence-corrected chi connectivity index (χ3v) is 4.72. The molecule has 0 saturated carbocycles. The molecule has 1 unspecified atom stereocenters. The number of benzene rings is 1. The zero-order valence-corrected chi connectivity index (χ0v) is 18.2. The van der Waals surface area contributed by atoms with Crippen LogP contribution in [0, 0.1) is 5.92 Å². The number of ether oxygens (including phenoxy) is 1. The van der Waals surface area contributed by atoms with Gasteiger partial charge in [-0.2, -0.15) is 0 Å². The minimum Gasteiger partial charge on any atom is -0.466 e. The number of pyridine rings is 1. The lowest BCUT2D eigenvalue weighted by Crippen LogP contribution is -2.48. The number of carbonyl (C=O) groups is 1. The quantitative estimate of drug-likeness (QED) is 0.314. The molecule has 146 valence electrons. The Kier molecular flexibility index (Phi) is 8.27. The molecule has 1 N–H and O–H groups in total. The largest absolute Gasteiger partial charge is 0.466 e. The predicted octanol–water partition coefficient (Wildman–Crippen LogP) is 3.20. The van der Waals surface area contributed by atoms with Gasteiger partial charge in [-0.05, 0) is 31.2 Å². The second-order valence-corrected chi connectivity index (χ2v) is 6.42. The number of piperidine rings is 1. The lowest BCUT2D eigenvalue weighted by molar-refractivity contribution is -0.149. The van der Waals surface area contributed by atoms with Crippen LogP contribution in [-0.4, -0.2) is 48.6 Å². The van der Waals surface area contributed by atoms with Crippen LogP contribution in [0.1, 0.15) is 25.5 Å². The van der Waals surface area contributed by atoms with Crippen LogP contribution in [0.25, 0.3) is 10.8 Å².